The van der Waals surface area contributed by atoms with Crippen LogP contribution < -0.4 is 9.47 Å². The summed E-state index contributed by atoms with van der Waals surface area (Å²) in [6.07, 6.45) is 8.99. The number of rotatable bonds is 12. The molecule has 0 aromatic heterocycles. The van der Waals surface area contributed by atoms with Crippen LogP contribution >= 0.6 is 11.8 Å². The Morgan fingerprint density at radius 3 is 2.60 bits per heavy atom. The van der Waals surface area contributed by atoms with Crippen LogP contribution in [0.2, 0.25) is 0 Å². The molecule has 1 N–H and O–H groups in total. The minimum Gasteiger partial charge on any atom is -0.493 e. The van der Waals surface area contributed by atoms with Gasteiger partial charge >= 0.3 is 5.97 Å². The molecule has 3 rings (SSSR count). The molecule has 1 fully saturated rings. The number of aromatic carboxylic acids is 1. The van der Waals surface area contributed by atoms with Gasteiger partial charge in [-0.05, 0) is 60.2 Å². The molecule has 0 bridgehead atoms. The molecule has 1 aliphatic heterocycles. The fraction of sp³-hybridized carbons (Fsp3) is 0.370. The van der Waals surface area contributed by atoms with Crippen molar-refractivity contribution < 1.29 is 24.2 Å². The van der Waals surface area contributed by atoms with Gasteiger partial charge in [0, 0.05) is 7.05 Å². The molecule has 35 heavy (non-hydrogen) atoms. The fourth-order valence-electron chi connectivity index (χ4n) is 3.58. The second kappa shape index (κ2) is 13.0. The first kappa shape index (κ1) is 26.3. The Hall–Kier alpha value is -3.26. The van der Waals surface area contributed by atoms with Crippen molar-refractivity contribution in [1.29, 1.82) is 0 Å². The number of methoxy groups -OCH3 is 1. The highest BCUT2D eigenvalue weighted by atomic mass is 32.2. The molecule has 186 valence electrons. The zero-order valence-corrected chi connectivity index (χ0v) is 21.3. The highest BCUT2D eigenvalue weighted by molar-refractivity contribution is 8.18. The molecule has 0 saturated carbocycles. The summed E-state index contributed by atoms with van der Waals surface area (Å²) >= 11 is 1.24. The number of carboxylic acid groups (broad SMARTS) is 1. The molecule has 0 atom stereocenters. The van der Waals surface area contributed by atoms with Gasteiger partial charge in [0.15, 0.2) is 16.7 Å². The van der Waals surface area contributed by atoms with Gasteiger partial charge in [0.25, 0.3) is 5.91 Å². The molecule has 1 aliphatic rings. The molecule has 2 aromatic rings. The lowest BCUT2D eigenvalue weighted by molar-refractivity contribution is -0.121. The second-order valence-corrected chi connectivity index (χ2v) is 9.26. The summed E-state index contributed by atoms with van der Waals surface area (Å²) in [4.78, 5) is 30.4. The van der Waals surface area contributed by atoms with E-state index in [9.17, 15) is 14.7 Å². The Morgan fingerprint density at radius 2 is 1.86 bits per heavy atom. The first-order chi connectivity index (χ1) is 16.9. The smallest absolute Gasteiger partial charge is 0.335 e. The van der Waals surface area contributed by atoms with Gasteiger partial charge in [0.05, 0.1) is 29.9 Å². The van der Waals surface area contributed by atoms with E-state index >= 15 is 0 Å². The van der Waals surface area contributed by atoms with Gasteiger partial charge in [-0.15, -0.1) is 0 Å². The highest BCUT2D eigenvalue weighted by Gasteiger charge is 2.30. The Labute approximate surface area is 210 Å². The Kier molecular flexibility index (Phi) is 9.78. The Morgan fingerprint density at radius 1 is 1.09 bits per heavy atom. The maximum Gasteiger partial charge on any atom is 0.335 e. The molecule has 2 aromatic carbocycles. The number of carbonyl (C=O) groups is 2. The molecular formula is C27H32N2O5S. The minimum absolute atomic E-state index is 0.144. The fourth-order valence-corrected chi connectivity index (χ4v) is 4.57. The van der Waals surface area contributed by atoms with Crippen molar-refractivity contribution in [3.8, 4) is 11.5 Å². The number of benzene rings is 2. The van der Waals surface area contributed by atoms with E-state index in [1.165, 1.54) is 54.5 Å². The van der Waals surface area contributed by atoms with Crippen molar-refractivity contribution in [3.63, 3.8) is 0 Å². The molecule has 8 heteroatoms. The summed E-state index contributed by atoms with van der Waals surface area (Å²) in [5, 5.41) is 9.67. The first-order valence-electron chi connectivity index (χ1n) is 11.8. The third-order valence-corrected chi connectivity index (χ3v) is 6.62. The molecule has 0 unspecified atom stereocenters. The molecule has 7 nitrogen and oxygen atoms in total. The molecule has 1 amide bonds. The lowest BCUT2D eigenvalue weighted by Gasteiger charge is -2.11. The molecule has 0 radical (unpaired) electrons. The largest absolute Gasteiger partial charge is 0.493 e. The number of amidine groups is 1. The van der Waals surface area contributed by atoms with Crippen LogP contribution in [0.1, 0.15) is 61.4 Å². The van der Waals surface area contributed by atoms with Crippen molar-refractivity contribution in [1.82, 2.24) is 4.90 Å². The number of likely N-dealkylation sites (N-methyl/N-ethyl adjacent to an activating group) is 1. The lowest BCUT2D eigenvalue weighted by atomic mass is 10.1. The van der Waals surface area contributed by atoms with Crippen molar-refractivity contribution >= 4 is 40.6 Å². The van der Waals surface area contributed by atoms with Crippen LogP contribution in [0.3, 0.4) is 0 Å². The Balaban J connectivity index is 1.68. The zero-order valence-electron chi connectivity index (χ0n) is 20.5. The van der Waals surface area contributed by atoms with Crippen LogP contribution in [0, 0.1) is 0 Å². The summed E-state index contributed by atoms with van der Waals surface area (Å²) in [5.74, 6) is 0.106. The average Bonchev–Trinajstić information content (AvgIpc) is 3.11. The van der Waals surface area contributed by atoms with E-state index in [4.69, 9.17) is 9.47 Å². The number of ether oxygens (including phenoxy) is 2. The van der Waals surface area contributed by atoms with Crippen LogP contribution in [0.5, 0.6) is 11.5 Å². The predicted molar refractivity (Wildman–Crippen MR) is 141 cm³/mol. The highest BCUT2D eigenvalue weighted by Crippen LogP contribution is 2.35. The van der Waals surface area contributed by atoms with E-state index in [0.717, 1.165) is 18.4 Å². The van der Waals surface area contributed by atoms with Crippen molar-refractivity contribution in [3.05, 3.63) is 58.5 Å². The van der Waals surface area contributed by atoms with Crippen LogP contribution in [0.15, 0.2) is 52.4 Å². The second-order valence-electron chi connectivity index (χ2n) is 8.25. The van der Waals surface area contributed by atoms with E-state index in [1.807, 2.05) is 18.2 Å². The van der Waals surface area contributed by atoms with Gasteiger partial charge in [0.1, 0.15) is 0 Å². The number of nitrogens with zero attached hydrogens (tertiary/aromatic N) is 2. The number of amides is 1. The number of hydrogen-bond acceptors (Lipinski definition) is 6. The third-order valence-electron chi connectivity index (χ3n) is 5.56. The number of unbranched alkanes of at least 4 members (excludes halogenated alkanes) is 5. The maximum absolute atomic E-state index is 12.8. The normalized spacial score (nSPS) is 15.7. The van der Waals surface area contributed by atoms with Gasteiger partial charge in [0.2, 0.25) is 0 Å². The number of carboxylic acids is 1. The topological polar surface area (TPSA) is 88.4 Å². The third kappa shape index (κ3) is 7.36. The van der Waals surface area contributed by atoms with Crippen LogP contribution in [-0.2, 0) is 4.79 Å². The zero-order chi connectivity index (χ0) is 25.2. The van der Waals surface area contributed by atoms with Crippen LogP contribution in [-0.4, -0.2) is 47.8 Å². The standard InChI is InChI=1S/C27H32N2O5S/c1-4-5-6-7-8-9-15-34-22-14-13-19(16-23(22)33-3)17-24-25(30)29(2)27(35-24)28-21-12-10-11-20(18-21)26(31)32/h10-14,16-18H,4-9,15H2,1-3H3,(H,31,32)/b24-17-,28-27?. The molecule has 1 saturated heterocycles. The summed E-state index contributed by atoms with van der Waals surface area (Å²) in [7, 11) is 3.25. The van der Waals surface area contributed by atoms with E-state index in [1.54, 1.807) is 32.4 Å². The maximum atomic E-state index is 12.8. The quantitative estimate of drug-likeness (QED) is 0.271. The van der Waals surface area contributed by atoms with Crippen LogP contribution in [0.25, 0.3) is 6.08 Å². The van der Waals surface area contributed by atoms with E-state index in [-0.39, 0.29) is 11.5 Å². The molecule has 0 spiro atoms. The summed E-state index contributed by atoms with van der Waals surface area (Å²) in [6.45, 7) is 2.86. The van der Waals surface area contributed by atoms with Gasteiger partial charge in [-0.3, -0.25) is 9.69 Å². The van der Waals surface area contributed by atoms with Gasteiger partial charge in [-0.2, -0.15) is 0 Å². The summed E-state index contributed by atoms with van der Waals surface area (Å²) in [5.41, 5.74) is 1.43. The monoisotopic (exact) mass is 496 g/mol. The SMILES string of the molecule is CCCCCCCCOc1ccc(/C=C2\SC(=Nc3cccc(C(=O)O)c3)N(C)C2=O)cc1OC. The summed E-state index contributed by atoms with van der Waals surface area (Å²) < 4.78 is 11.4. The predicted octanol–water partition coefficient (Wildman–Crippen LogP) is 6.37. The van der Waals surface area contributed by atoms with Gasteiger partial charge in [-0.25, -0.2) is 9.79 Å². The molecule has 1 heterocycles. The number of carbonyl (C=O) groups excluding carboxylic acids is 1. The first-order valence-corrected chi connectivity index (χ1v) is 12.6. The minimum atomic E-state index is -1.02. The van der Waals surface area contributed by atoms with Crippen molar-refractivity contribution in [2.75, 3.05) is 20.8 Å². The van der Waals surface area contributed by atoms with Gasteiger partial charge < -0.3 is 14.6 Å². The average molecular weight is 497 g/mol. The number of aliphatic imine (C=N–C) groups is 1. The molecule has 0 aliphatic carbocycles. The van der Waals surface area contributed by atoms with Gasteiger partial charge in [-0.1, -0.05) is 51.2 Å². The number of thioether (sulfide) groups is 1. The molecular weight excluding hydrogens is 464 g/mol. The van der Waals surface area contributed by atoms with Crippen LogP contribution in [0.4, 0.5) is 5.69 Å². The number of hydrogen-bond donors (Lipinski definition) is 1. The Bertz CT molecular complexity index is 1110. The van der Waals surface area contributed by atoms with E-state index < -0.39 is 5.97 Å². The van der Waals surface area contributed by atoms with Crippen molar-refractivity contribution in [2.24, 2.45) is 4.99 Å². The van der Waals surface area contributed by atoms with E-state index in [2.05, 4.69) is 11.9 Å². The van der Waals surface area contributed by atoms with Crippen molar-refractivity contribution in [2.45, 2.75) is 45.4 Å². The van der Waals surface area contributed by atoms with E-state index in [0.29, 0.717) is 33.9 Å². The summed E-state index contributed by atoms with van der Waals surface area (Å²) in [6, 6.07) is 11.9. The lowest BCUT2D eigenvalue weighted by Crippen LogP contribution is -2.23.